The van der Waals surface area contributed by atoms with Gasteiger partial charge in [0.2, 0.25) is 11.9 Å². The monoisotopic (exact) mass is 412 g/mol. The Morgan fingerprint density at radius 1 is 1.14 bits per heavy atom. The average Bonchev–Trinajstić information content (AvgIpc) is 2.67. The van der Waals surface area contributed by atoms with Gasteiger partial charge >= 0.3 is 0 Å². The fourth-order valence-corrected chi connectivity index (χ4v) is 3.39. The third-order valence-electron chi connectivity index (χ3n) is 4.47. The van der Waals surface area contributed by atoms with Crippen LogP contribution in [0.25, 0.3) is 10.9 Å². The van der Waals surface area contributed by atoms with E-state index in [9.17, 15) is 9.59 Å². The van der Waals surface area contributed by atoms with Gasteiger partial charge in [0, 0.05) is 24.4 Å². The van der Waals surface area contributed by atoms with Crippen molar-refractivity contribution in [2.45, 2.75) is 46.1 Å². The standard InChI is InChI=1S/C20H24N6O2S/c1-13-12-14(2)22-19(21-13)25-24-17(27)10-4-3-7-11-26-18(28)15-8-5-6-9-16(15)23-20(26)29/h5-6,8-9,12H,3-4,7,10-11H2,1-2H3,(H,23,29)(H,24,27)(H,21,22,25). The van der Waals surface area contributed by atoms with Crippen LogP contribution in [0.15, 0.2) is 35.1 Å². The number of benzene rings is 1. The van der Waals surface area contributed by atoms with Crippen LogP contribution in [0.2, 0.25) is 0 Å². The number of aryl methyl sites for hydroxylation is 2. The van der Waals surface area contributed by atoms with E-state index in [1.165, 1.54) is 0 Å². The molecule has 3 rings (SSSR count). The summed E-state index contributed by atoms with van der Waals surface area (Å²) >= 11 is 5.31. The molecule has 1 aromatic carbocycles. The Morgan fingerprint density at radius 3 is 2.62 bits per heavy atom. The van der Waals surface area contributed by atoms with Gasteiger partial charge in [-0.05, 0) is 57.1 Å². The Hall–Kier alpha value is -3.07. The predicted octanol–water partition coefficient (Wildman–Crippen LogP) is 3.17. The van der Waals surface area contributed by atoms with Crippen molar-refractivity contribution in [1.82, 2.24) is 24.9 Å². The lowest BCUT2D eigenvalue weighted by Gasteiger charge is -2.09. The lowest BCUT2D eigenvalue weighted by molar-refractivity contribution is -0.120. The fourth-order valence-electron chi connectivity index (χ4n) is 3.10. The second kappa shape index (κ2) is 9.42. The number of rotatable bonds is 8. The normalized spacial score (nSPS) is 10.8. The minimum Gasteiger partial charge on any atom is -0.332 e. The zero-order chi connectivity index (χ0) is 20.8. The minimum atomic E-state index is -0.132. The van der Waals surface area contributed by atoms with Crippen molar-refractivity contribution in [3.05, 3.63) is 56.8 Å². The molecule has 0 aliphatic heterocycles. The molecule has 152 valence electrons. The number of fused-ring (bicyclic) bond motifs is 1. The number of carbonyl (C=O) groups is 1. The van der Waals surface area contributed by atoms with Gasteiger partial charge in [0.25, 0.3) is 5.56 Å². The van der Waals surface area contributed by atoms with Gasteiger partial charge in [-0.15, -0.1) is 0 Å². The number of aromatic nitrogens is 4. The Bertz CT molecular complexity index is 1120. The highest BCUT2D eigenvalue weighted by molar-refractivity contribution is 7.71. The summed E-state index contributed by atoms with van der Waals surface area (Å²) in [5, 5.41) is 0.625. The van der Waals surface area contributed by atoms with E-state index >= 15 is 0 Å². The van der Waals surface area contributed by atoms with Gasteiger partial charge in [-0.2, -0.15) is 0 Å². The smallest absolute Gasteiger partial charge is 0.262 e. The maximum atomic E-state index is 12.6. The molecule has 2 aromatic heterocycles. The van der Waals surface area contributed by atoms with Crippen LogP contribution in [0.4, 0.5) is 5.95 Å². The second-order valence-corrected chi connectivity index (χ2v) is 7.28. The Balaban J connectivity index is 1.44. The van der Waals surface area contributed by atoms with Crippen molar-refractivity contribution >= 4 is 35.0 Å². The van der Waals surface area contributed by atoms with Crippen molar-refractivity contribution in [2.24, 2.45) is 0 Å². The van der Waals surface area contributed by atoms with Gasteiger partial charge in [-0.25, -0.2) is 9.97 Å². The van der Waals surface area contributed by atoms with E-state index in [0.717, 1.165) is 29.7 Å². The number of hydrogen-bond donors (Lipinski definition) is 3. The molecular formula is C20H24N6O2S. The Kier molecular flexibility index (Phi) is 6.71. The number of unbranched alkanes of at least 4 members (excludes halogenated alkanes) is 2. The zero-order valence-corrected chi connectivity index (χ0v) is 17.3. The molecule has 8 nitrogen and oxygen atoms in total. The van der Waals surface area contributed by atoms with Crippen LogP contribution < -0.4 is 16.4 Å². The van der Waals surface area contributed by atoms with E-state index in [-0.39, 0.29) is 11.5 Å². The number of nitrogens with zero attached hydrogens (tertiary/aromatic N) is 3. The van der Waals surface area contributed by atoms with Crippen LogP contribution in [0.1, 0.15) is 37.1 Å². The number of para-hydroxylation sites is 1. The Labute approximate surface area is 173 Å². The lowest BCUT2D eigenvalue weighted by atomic mass is 10.2. The quantitative estimate of drug-likeness (QED) is 0.298. The molecule has 0 bridgehead atoms. The molecule has 29 heavy (non-hydrogen) atoms. The summed E-state index contributed by atoms with van der Waals surface area (Å²) in [5.74, 6) is 0.244. The number of hydrogen-bond acceptors (Lipinski definition) is 6. The molecular weight excluding hydrogens is 388 g/mol. The maximum Gasteiger partial charge on any atom is 0.262 e. The third-order valence-corrected chi connectivity index (χ3v) is 4.79. The molecule has 3 N–H and O–H groups in total. The summed E-state index contributed by atoms with van der Waals surface area (Å²) in [5.41, 5.74) is 7.67. The number of H-pyrrole nitrogens is 1. The summed E-state index contributed by atoms with van der Waals surface area (Å²) in [4.78, 5) is 36.1. The van der Waals surface area contributed by atoms with Gasteiger partial charge in [0.1, 0.15) is 0 Å². The summed E-state index contributed by atoms with van der Waals surface area (Å²) in [7, 11) is 0. The number of aromatic amines is 1. The number of hydrazine groups is 1. The molecule has 1 amide bonds. The molecule has 0 radical (unpaired) electrons. The summed E-state index contributed by atoms with van der Waals surface area (Å²) < 4.78 is 2.00. The molecule has 2 heterocycles. The van der Waals surface area contributed by atoms with Crippen LogP contribution in [0, 0.1) is 18.6 Å². The molecule has 0 fully saturated rings. The lowest BCUT2D eigenvalue weighted by Crippen LogP contribution is -2.30. The van der Waals surface area contributed by atoms with E-state index in [2.05, 4.69) is 25.8 Å². The molecule has 0 atom stereocenters. The molecule has 0 unspecified atom stereocenters. The maximum absolute atomic E-state index is 12.6. The molecule has 9 heteroatoms. The first-order chi connectivity index (χ1) is 13.9. The van der Waals surface area contributed by atoms with Crippen molar-refractivity contribution in [3.8, 4) is 0 Å². The molecule has 0 aliphatic carbocycles. The van der Waals surface area contributed by atoms with Crippen molar-refractivity contribution in [1.29, 1.82) is 0 Å². The third kappa shape index (κ3) is 5.47. The van der Waals surface area contributed by atoms with Gasteiger partial charge in [-0.1, -0.05) is 18.6 Å². The first-order valence-electron chi connectivity index (χ1n) is 9.53. The fraction of sp³-hybridized carbons (Fsp3) is 0.350. The van der Waals surface area contributed by atoms with Crippen LogP contribution >= 0.6 is 12.2 Å². The van der Waals surface area contributed by atoms with Crippen LogP contribution in [-0.4, -0.2) is 25.4 Å². The highest BCUT2D eigenvalue weighted by atomic mass is 32.1. The van der Waals surface area contributed by atoms with Crippen LogP contribution in [-0.2, 0) is 11.3 Å². The molecule has 3 aromatic rings. The number of carbonyl (C=O) groups excluding carboxylic acids is 1. The Morgan fingerprint density at radius 2 is 1.86 bits per heavy atom. The number of amides is 1. The van der Waals surface area contributed by atoms with Gasteiger partial charge in [-0.3, -0.25) is 25.0 Å². The summed E-state index contributed by atoms with van der Waals surface area (Å²) in [6.45, 7) is 4.26. The highest BCUT2D eigenvalue weighted by Gasteiger charge is 2.06. The molecule has 0 saturated carbocycles. The summed E-state index contributed by atoms with van der Waals surface area (Å²) in [6.07, 6.45) is 2.65. The van der Waals surface area contributed by atoms with Crippen LogP contribution in [0.3, 0.4) is 0 Å². The van der Waals surface area contributed by atoms with Gasteiger partial charge < -0.3 is 4.98 Å². The van der Waals surface area contributed by atoms with Crippen molar-refractivity contribution in [3.63, 3.8) is 0 Å². The largest absolute Gasteiger partial charge is 0.332 e. The second-order valence-electron chi connectivity index (χ2n) is 6.89. The van der Waals surface area contributed by atoms with E-state index in [1.807, 2.05) is 38.1 Å². The first kappa shape index (κ1) is 20.7. The first-order valence-corrected chi connectivity index (χ1v) is 9.94. The van der Waals surface area contributed by atoms with E-state index in [1.54, 1.807) is 10.6 Å². The van der Waals surface area contributed by atoms with E-state index < -0.39 is 0 Å². The van der Waals surface area contributed by atoms with Crippen molar-refractivity contribution < 1.29 is 4.79 Å². The summed E-state index contributed by atoms with van der Waals surface area (Å²) in [6, 6.07) is 9.19. The molecule has 0 aliphatic rings. The molecule has 0 saturated heterocycles. The van der Waals surface area contributed by atoms with Crippen molar-refractivity contribution in [2.75, 3.05) is 5.43 Å². The van der Waals surface area contributed by atoms with E-state index in [4.69, 9.17) is 12.2 Å². The zero-order valence-electron chi connectivity index (χ0n) is 16.5. The topological polar surface area (TPSA) is 105 Å². The van der Waals surface area contributed by atoms with Crippen LogP contribution in [0.5, 0.6) is 0 Å². The minimum absolute atomic E-state index is 0.0836. The predicted molar refractivity (Wildman–Crippen MR) is 115 cm³/mol. The van der Waals surface area contributed by atoms with E-state index in [0.29, 0.717) is 35.5 Å². The molecule has 0 spiro atoms. The average molecular weight is 413 g/mol. The SMILES string of the molecule is Cc1cc(C)nc(NNC(=O)CCCCCn2c(=S)[nH]c3ccccc3c2=O)n1. The van der Waals surface area contributed by atoms with Gasteiger partial charge in [0.05, 0.1) is 10.9 Å². The van der Waals surface area contributed by atoms with Gasteiger partial charge in [0.15, 0.2) is 4.77 Å². The number of anilines is 1. The number of nitrogens with one attached hydrogen (secondary N) is 3. The highest BCUT2D eigenvalue weighted by Crippen LogP contribution is 2.08.